The molecule has 0 atom stereocenters. The number of pyridine rings is 1. The fourth-order valence-electron chi connectivity index (χ4n) is 3.03. The van der Waals surface area contributed by atoms with Crippen LogP contribution in [0.25, 0.3) is 0 Å². The molecule has 0 radical (unpaired) electrons. The Bertz CT molecular complexity index is 618. The number of anilines is 1. The zero-order valence-electron chi connectivity index (χ0n) is 12.3. The molecule has 0 saturated carbocycles. The van der Waals surface area contributed by atoms with Crippen molar-refractivity contribution in [1.29, 1.82) is 0 Å². The van der Waals surface area contributed by atoms with Crippen molar-refractivity contribution in [1.82, 2.24) is 10.3 Å². The van der Waals surface area contributed by atoms with Crippen molar-refractivity contribution < 1.29 is 19.1 Å². The fourth-order valence-corrected chi connectivity index (χ4v) is 3.03. The third-order valence-corrected chi connectivity index (χ3v) is 4.34. The smallest absolute Gasteiger partial charge is 0.339 e. The molecule has 1 spiro atoms. The van der Waals surface area contributed by atoms with Gasteiger partial charge in [0.05, 0.1) is 19.1 Å². The van der Waals surface area contributed by atoms with E-state index in [4.69, 9.17) is 0 Å². The lowest BCUT2D eigenvalue weighted by Crippen LogP contribution is -2.54. The van der Waals surface area contributed by atoms with Crippen LogP contribution in [0.1, 0.15) is 29.6 Å². The Hall–Kier alpha value is -2.44. The topological polar surface area (TPSA) is 88.6 Å². The van der Waals surface area contributed by atoms with Crippen LogP contribution in [0.4, 0.5) is 5.82 Å². The molecule has 1 amide bonds. The summed E-state index contributed by atoms with van der Waals surface area (Å²) in [7, 11) is 1.33. The maximum atomic E-state index is 12.0. The van der Waals surface area contributed by atoms with E-state index in [2.05, 4.69) is 15.0 Å². The van der Waals surface area contributed by atoms with Gasteiger partial charge in [0.15, 0.2) is 5.78 Å². The van der Waals surface area contributed by atoms with Crippen LogP contribution < -0.4 is 10.2 Å². The Morgan fingerprint density at radius 3 is 2.55 bits per heavy atom. The summed E-state index contributed by atoms with van der Waals surface area (Å²) in [5.74, 6) is 0.139. The first-order valence-corrected chi connectivity index (χ1v) is 7.18. The molecule has 22 heavy (non-hydrogen) atoms. The quantitative estimate of drug-likeness (QED) is 0.624. The second-order valence-corrected chi connectivity index (χ2v) is 5.61. The molecule has 116 valence electrons. The van der Waals surface area contributed by atoms with Crippen molar-refractivity contribution >= 4 is 23.5 Å². The Morgan fingerprint density at radius 2 is 2.05 bits per heavy atom. The van der Waals surface area contributed by atoms with Gasteiger partial charge in [-0.2, -0.15) is 0 Å². The van der Waals surface area contributed by atoms with Gasteiger partial charge < -0.3 is 15.0 Å². The normalized spacial score (nSPS) is 20.1. The standard InChI is InChI=1S/C15H17N3O4/c1-22-14(21)10-2-3-12(16-9-10)18-6-4-15(5-7-18)11(19)8-13(20)17-15/h2-3,9H,4-8H2,1H3,(H,17,20). The maximum Gasteiger partial charge on any atom is 0.339 e. The summed E-state index contributed by atoms with van der Waals surface area (Å²) in [4.78, 5) is 41.1. The van der Waals surface area contributed by atoms with E-state index in [1.807, 2.05) is 4.90 Å². The molecule has 1 aromatic rings. The molecule has 0 unspecified atom stereocenters. The number of esters is 1. The van der Waals surface area contributed by atoms with E-state index in [0.717, 1.165) is 5.82 Å². The first-order valence-electron chi connectivity index (χ1n) is 7.18. The number of piperidine rings is 1. The first kappa shape index (κ1) is 14.5. The van der Waals surface area contributed by atoms with Crippen LogP contribution in [0.15, 0.2) is 18.3 Å². The van der Waals surface area contributed by atoms with Gasteiger partial charge in [-0.25, -0.2) is 9.78 Å². The first-order chi connectivity index (χ1) is 10.5. The number of hydrogen-bond donors (Lipinski definition) is 1. The molecular weight excluding hydrogens is 286 g/mol. The van der Waals surface area contributed by atoms with E-state index in [9.17, 15) is 14.4 Å². The number of methoxy groups -OCH3 is 1. The molecule has 7 nitrogen and oxygen atoms in total. The van der Waals surface area contributed by atoms with Gasteiger partial charge in [-0.1, -0.05) is 0 Å². The molecule has 1 N–H and O–H groups in total. The number of ketones is 1. The Balaban J connectivity index is 1.68. The highest BCUT2D eigenvalue weighted by Gasteiger charge is 2.47. The number of ether oxygens (including phenoxy) is 1. The van der Waals surface area contributed by atoms with E-state index in [1.54, 1.807) is 12.1 Å². The van der Waals surface area contributed by atoms with Crippen molar-refractivity contribution in [3.05, 3.63) is 23.9 Å². The van der Waals surface area contributed by atoms with E-state index < -0.39 is 11.5 Å². The molecule has 3 heterocycles. The van der Waals surface area contributed by atoms with Gasteiger partial charge in [0.2, 0.25) is 5.91 Å². The summed E-state index contributed by atoms with van der Waals surface area (Å²) in [6, 6.07) is 3.43. The van der Waals surface area contributed by atoms with E-state index in [0.29, 0.717) is 31.5 Å². The summed E-state index contributed by atoms with van der Waals surface area (Å²) in [6.07, 6.45) is 2.64. The van der Waals surface area contributed by atoms with Gasteiger partial charge in [-0.3, -0.25) is 9.59 Å². The molecule has 2 saturated heterocycles. The van der Waals surface area contributed by atoms with Crippen LogP contribution in [0, 0.1) is 0 Å². The molecule has 3 rings (SSSR count). The van der Waals surface area contributed by atoms with Crippen molar-refractivity contribution in [2.75, 3.05) is 25.1 Å². The number of nitrogens with zero attached hydrogens (tertiary/aromatic N) is 2. The molecule has 2 fully saturated rings. The minimum Gasteiger partial charge on any atom is -0.465 e. The second-order valence-electron chi connectivity index (χ2n) is 5.61. The molecular formula is C15H17N3O4. The summed E-state index contributed by atoms with van der Waals surface area (Å²) in [5.41, 5.74) is -0.280. The summed E-state index contributed by atoms with van der Waals surface area (Å²) >= 11 is 0. The number of amides is 1. The third-order valence-electron chi connectivity index (χ3n) is 4.34. The van der Waals surface area contributed by atoms with Crippen molar-refractivity contribution in [3.8, 4) is 0 Å². The average molecular weight is 303 g/mol. The minimum absolute atomic E-state index is 0.00786. The molecule has 7 heteroatoms. The lowest BCUT2D eigenvalue weighted by molar-refractivity contribution is -0.123. The number of carbonyl (C=O) groups excluding carboxylic acids is 3. The SMILES string of the molecule is COC(=O)c1ccc(N2CCC3(CC2)NC(=O)CC3=O)nc1. The number of rotatable bonds is 2. The number of nitrogens with one attached hydrogen (secondary N) is 1. The maximum absolute atomic E-state index is 12.0. The lowest BCUT2D eigenvalue weighted by atomic mass is 9.85. The monoisotopic (exact) mass is 303 g/mol. The van der Waals surface area contributed by atoms with Crippen LogP contribution >= 0.6 is 0 Å². The molecule has 0 aromatic carbocycles. The number of aromatic nitrogens is 1. The Kier molecular flexibility index (Phi) is 3.56. The number of carbonyl (C=O) groups is 3. The average Bonchev–Trinajstić information content (AvgIpc) is 2.81. The zero-order valence-corrected chi connectivity index (χ0v) is 12.3. The van der Waals surface area contributed by atoms with Crippen LogP contribution in [-0.2, 0) is 14.3 Å². The zero-order chi connectivity index (χ0) is 15.7. The fraction of sp³-hybridized carbons (Fsp3) is 0.467. The predicted molar refractivity (Wildman–Crippen MR) is 77.5 cm³/mol. The Labute approximate surface area is 127 Å². The van der Waals surface area contributed by atoms with Gasteiger partial charge in [-0.05, 0) is 25.0 Å². The highest BCUT2D eigenvalue weighted by molar-refractivity contribution is 6.10. The van der Waals surface area contributed by atoms with Crippen LogP contribution in [0.5, 0.6) is 0 Å². The molecule has 0 bridgehead atoms. The van der Waals surface area contributed by atoms with Gasteiger partial charge >= 0.3 is 5.97 Å². The second kappa shape index (κ2) is 5.40. The van der Waals surface area contributed by atoms with Crippen LogP contribution in [-0.4, -0.2) is 48.4 Å². The predicted octanol–water partition coefficient (Wildman–Crippen LogP) is 0.296. The molecule has 2 aliphatic heterocycles. The summed E-state index contributed by atoms with van der Waals surface area (Å²) < 4.78 is 4.64. The molecule has 1 aromatic heterocycles. The summed E-state index contributed by atoms with van der Waals surface area (Å²) in [5, 5.41) is 2.83. The van der Waals surface area contributed by atoms with Gasteiger partial charge in [0.1, 0.15) is 11.4 Å². The highest BCUT2D eigenvalue weighted by atomic mass is 16.5. The largest absolute Gasteiger partial charge is 0.465 e. The summed E-state index contributed by atoms with van der Waals surface area (Å²) in [6.45, 7) is 1.27. The van der Waals surface area contributed by atoms with Crippen LogP contribution in [0.3, 0.4) is 0 Å². The molecule has 2 aliphatic rings. The van der Waals surface area contributed by atoms with E-state index in [-0.39, 0.29) is 18.1 Å². The van der Waals surface area contributed by atoms with Crippen molar-refractivity contribution in [3.63, 3.8) is 0 Å². The van der Waals surface area contributed by atoms with Gasteiger partial charge in [0.25, 0.3) is 0 Å². The number of Topliss-reactive ketones (excluding diaryl/α,β-unsaturated/α-hetero) is 1. The van der Waals surface area contributed by atoms with Crippen molar-refractivity contribution in [2.24, 2.45) is 0 Å². The minimum atomic E-state index is -0.681. The van der Waals surface area contributed by atoms with E-state index in [1.165, 1.54) is 13.3 Å². The van der Waals surface area contributed by atoms with E-state index >= 15 is 0 Å². The van der Waals surface area contributed by atoms with Crippen LogP contribution in [0.2, 0.25) is 0 Å². The Morgan fingerprint density at radius 1 is 1.32 bits per heavy atom. The highest BCUT2D eigenvalue weighted by Crippen LogP contribution is 2.30. The van der Waals surface area contributed by atoms with Gasteiger partial charge in [-0.15, -0.1) is 0 Å². The van der Waals surface area contributed by atoms with Crippen molar-refractivity contribution in [2.45, 2.75) is 24.8 Å². The molecule has 0 aliphatic carbocycles. The third kappa shape index (κ3) is 2.43. The van der Waals surface area contributed by atoms with Gasteiger partial charge in [0, 0.05) is 19.3 Å². The lowest BCUT2D eigenvalue weighted by Gasteiger charge is -2.38. The number of hydrogen-bond acceptors (Lipinski definition) is 6.